The van der Waals surface area contributed by atoms with Crippen LogP contribution in [0.4, 0.5) is 8.78 Å². The van der Waals surface area contributed by atoms with E-state index in [0.29, 0.717) is 17.0 Å². The second-order valence-electron chi connectivity index (χ2n) is 1.92. The van der Waals surface area contributed by atoms with Crippen LogP contribution in [0.2, 0.25) is 0 Å². The van der Waals surface area contributed by atoms with Crippen LogP contribution in [0.3, 0.4) is 0 Å². The molecule has 0 fully saturated rings. The van der Waals surface area contributed by atoms with E-state index in [1.165, 1.54) is 0 Å². The predicted molar refractivity (Wildman–Crippen MR) is 37.7 cm³/mol. The van der Waals surface area contributed by atoms with Gasteiger partial charge >= 0.3 is 5.69 Å². The summed E-state index contributed by atoms with van der Waals surface area (Å²) in [5, 5.41) is 0. The van der Waals surface area contributed by atoms with Gasteiger partial charge < -0.3 is 0 Å². The van der Waals surface area contributed by atoms with Crippen LogP contribution in [0.15, 0.2) is 22.1 Å². The molecule has 0 saturated heterocycles. The third-order valence-corrected chi connectivity index (χ3v) is 1.14. The summed E-state index contributed by atoms with van der Waals surface area (Å²) in [6.07, 6.45) is 1.33. The maximum Gasteiger partial charge on any atom is 0.332 e. The number of nitrogens with one attached hydrogen (secondary N) is 1. The Morgan fingerprint density at radius 3 is 2.75 bits per heavy atom. The second kappa shape index (κ2) is 3.12. The normalized spacial score (nSPS) is 10.8. The van der Waals surface area contributed by atoms with Crippen LogP contribution >= 0.6 is 0 Å². The Labute approximate surface area is 64.8 Å². The van der Waals surface area contributed by atoms with Gasteiger partial charge in [0.2, 0.25) is 5.82 Å². The highest BCUT2D eigenvalue weighted by Gasteiger charge is 1.99. The van der Waals surface area contributed by atoms with Crippen molar-refractivity contribution in [2.75, 3.05) is 0 Å². The Kier molecular flexibility index (Phi) is 2.18. The number of halogens is 2. The van der Waals surface area contributed by atoms with Gasteiger partial charge in [-0.15, -0.1) is 0 Å². The van der Waals surface area contributed by atoms with E-state index in [1.54, 1.807) is 4.98 Å². The van der Waals surface area contributed by atoms with Gasteiger partial charge in [0.15, 0.2) is 0 Å². The first-order valence-electron chi connectivity index (χ1n) is 2.93. The van der Waals surface area contributed by atoms with E-state index >= 15 is 0 Å². The standard InChI is InChI=1S/C6H4F2N2O2/c7-1-2-10-3-4(8)5(11)9-6(10)12/h1-3H,(H,9,11,12). The first-order valence-corrected chi connectivity index (χ1v) is 2.93. The van der Waals surface area contributed by atoms with Gasteiger partial charge in [-0.3, -0.25) is 14.3 Å². The van der Waals surface area contributed by atoms with E-state index in [4.69, 9.17) is 0 Å². The fourth-order valence-electron chi connectivity index (χ4n) is 0.632. The van der Waals surface area contributed by atoms with E-state index in [2.05, 4.69) is 0 Å². The van der Waals surface area contributed by atoms with Crippen molar-refractivity contribution in [3.05, 3.63) is 39.2 Å². The zero-order valence-corrected chi connectivity index (χ0v) is 5.75. The van der Waals surface area contributed by atoms with Crippen molar-refractivity contribution in [2.24, 2.45) is 0 Å². The predicted octanol–water partition coefficient (Wildman–Crippen LogP) is 0.0734. The molecule has 1 aromatic rings. The lowest BCUT2D eigenvalue weighted by atomic mass is 10.6. The lowest BCUT2D eigenvalue weighted by Crippen LogP contribution is -2.28. The van der Waals surface area contributed by atoms with Gasteiger partial charge in [0.1, 0.15) is 6.33 Å². The van der Waals surface area contributed by atoms with E-state index in [1.807, 2.05) is 0 Å². The molecule has 0 unspecified atom stereocenters. The highest BCUT2D eigenvalue weighted by atomic mass is 19.1. The van der Waals surface area contributed by atoms with Gasteiger partial charge in [-0.25, -0.2) is 9.18 Å². The summed E-state index contributed by atoms with van der Waals surface area (Å²) in [5.74, 6) is -1.15. The van der Waals surface area contributed by atoms with Gasteiger partial charge in [-0.2, -0.15) is 4.39 Å². The first kappa shape index (κ1) is 8.38. The van der Waals surface area contributed by atoms with Crippen molar-refractivity contribution in [3.8, 4) is 0 Å². The summed E-state index contributed by atoms with van der Waals surface area (Å²) in [6, 6.07) is 0. The molecular weight excluding hydrogens is 170 g/mol. The van der Waals surface area contributed by atoms with Gasteiger partial charge in [0, 0.05) is 6.20 Å². The van der Waals surface area contributed by atoms with Gasteiger partial charge in [-0.1, -0.05) is 0 Å². The molecule has 1 rings (SSSR count). The molecule has 64 valence electrons. The molecule has 0 aliphatic rings. The molecule has 0 saturated carbocycles. The number of aromatic nitrogens is 2. The van der Waals surface area contributed by atoms with Crippen molar-refractivity contribution < 1.29 is 8.78 Å². The second-order valence-corrected chi connectivity index (χ2v) is 1.92. The maximum atomic E-state index is 12.4. The SMILES string of the molecule is O=c1[nH]c(=O)n(C=CF)cc1F. The number of aromatic amines is 1. The largest absolute Gasteiger partial charge is 0.332 e. The number of nitrogens with zero attached hydrogens (tertiary/aromatic N) is 1. The first-order chi connectivity index (χ1) is 5.65. The van der Waals surface area contributed by atoms with Gasteiger partial charge in [0.25, 0.3) is 5.56 Å². The Morgan fingerprint density at radius 2 is 2.17 bits per heavy atom. The van der Waals surface area contributed by atoms with Crippen molar-refractivity contribution in [2.45, 2.75) is 0 Å². The minimum atomic E-state index is -1.15. The zero-order chi connectivity index (χ0) is 9.14. The molecule has 0 bridgehead atoms. The van der Waals surface area contributed by atoms with Crippen LogP contribution in [0.25, 0.3) is 6.20 Å². The monoisotopic (exact) mass is 174 g/mol. The molecule has 6 heteroatoms. The summed E-state index contributed by atoms with van der Waals surface area (Å²) in [7, 11) is 0. The van der Waals surface area contributed by atoms with Gasteiger partial charge in [-0.05, 0) is 0 Å². The van der Waals surface area contributed by atoms with Gasteiger partial charge in [0.05, 0.1) is 6.20 Å². The van der Waals surface area contributed by atoms with Crippen LogP contribution in [-0.4, -0.2) is 9.55 Å². The molecule has 0 spiro atoms. The average Bonchev–Trinajstić information content (AvgIpc) is 2.01. The topological polar surface area (TPSA) is 54.9 Å². The maximum absolute atomic E-state index is 12.4. The minimum Gasteiger partial charge on any atom is -0.271 e. The fraction of sp³-hybridized carbons (Fsp3) is 0. The van der Waals surface area contributed by atoms with Crippen molar-refractivity contribution >= 4 is 6.20 Å². The van der Waals surface area contributed by atoms with Crippen LogP contribution in [0.1, 0.15) is 0 Å². The molecule has 1 heterocycles. The summed E-state index contributed by atoms with van der Waals surface area (Å²) < 4.78 is 24.5. The van der Waals surface area contributed by atoms with Crippen molar-refractivity contribution in [1.29, 1.82) is 0 Å². The Balaban J connectivity index is 3.43. The van der Waals surface area contributed by atoms with Crippen LogP contribution in [0.5, 0.6) is 0 Å². The molecule has 1 aromatic heterocycles. The highest BCUT2D eigenvalue weighted by molar-refractivity contribution is 5.17. The van der Waals surface area contributed by atoms with Crippen LogP contribution < -0.4 is 11.2 Å². The van der Waals surface area contributed by atoms with Crippen LogP contribution in [-0.2, 0) is 0 Å². The lowest BCUT2D eigenvalue weighted by Gasteiger charge is -1.94. The van der Waals surface area contributed by atoms with E-state index in [0.717, 1.165) is 0 Å². The number of hydrogen-bond donors (Lipinski definition) is 1. The quantitative estimate of drug-likeness (QED) is 0.655. The molecule has 0 aliphatic carbocycles. The van der Waals surface area contributed by atoms with E-state index in [9.17, 15) is 18.4 Å². The van der Waals surface area contributed by atoms with E-state index in [-0.39, 0.29) is 6.33 Å². The Morgan fingerprint density at radius 1 is 1.50 bits per heavy atom. The van der Waals surface area contributed by atoms with Crippen LogP contribution in [0, 0.1) is 5.82 Å². The molecular formula is C6H4F2N2O2. The molecule has 12 heavy (non-hydrogen) atoms. The van der Waals surface area contributed by atoms with E-state index < -0.39 is 17.1 Å². The van der Waals surface area contributed by atoms with Crippen molar-refractivity contribution in [3.63, 3.8) is 0 Å². The van der Waals surface area contributed by atoms with Crippen molar-refractivity contribution in [1.82, 2.24) is 9.55 Å². The smallest absolute Gasteiger partial charge is 0.271 e. The zero-order valence-electron chi connectivity index (χ0n) is 5.75. The summed E-state index contributed by atoms with van der Waals surface area (Å²) in [5.41, 5.74) is -2.01. The lowest BCUT2D eigenvalue weighted by molar-refractivity contribution is 0.589. The molecule has 0 aliphatic heterocycles. The Hall–Kier alpha value is -1.72. The molecule has 0 aromatic carbocycles. The molecule has 1 N–H and O–H groups in total. The number of hydrogen-bond acceptors (Lipinski definition) is 2. The minimum absolute atomic E-state index is 0.0547. The summed E-state index contributed by atoms with van der Waals surface area (Å²) >= 11 is 0. The summed E-state index contributed by atoms with van der Waals surface area (Å²) in [6.45, 7) is 0. The molecule has 0 atom stereocenters. The third-order valence-electron chi connectivity index (χ3n) is 1.14. The third kappa shape index (κ3) is 1.47. The molecule has 0 radical (unpaired) electrons. The number of rotatable bonds is 1. The molecule has 4 nitrogen and oxygen atoms in total. The molecule has 0 amide bonds. The summed E-state index contributed by atoms with van der Waals surface area (Å²) in [4.78, 5) is 22.8. The Bertz CT molecular complexity index is 418. The fourth-order valence-corrected chi connectivity index (χ4v) is 0.632. The number of H-pyrrole nitrogens is 1. The average molecular weight is 174 g/mol. The highest BCUT2D eigenvalue weighted by Crippen LogP contribution is 1.85.